The van der Waals surface area contributed by atoms with Gasteiger partial charge in [-0.05, 0) is 29.2 Å². The molecule has 0 amide bonds. The van der Waals surface area contributed by atoms with Crippen LogP contribution in [0.3, 0.4) is 0 Å². The van der Waals surface area contributed by atoms with Gasteiger partial charge in [-0.15, -0.1) is 0 Å². The first-order valence-corrected chi connectivity index (χ1v) is 5.34. The van der Waals surface area contributed by atoms with Crippen LogP contribution in [-0.2, 0) is 0 Å². The molecule has 1 aromatic heterocycles. The summed E-state index contributed by atoms with van der Waals surface area (Å²) in [5, 5.41) is 10.5. The largest absolute Gasteiger partial charge is 0.480 e. The zero-order valence-electron chi connectivity index (χ0n) is 8.71. The van der Waals surface area contributed by atoms with E-state index < -0.39 is 16.4 Å². The quantitative estimate of drug-likeness (QED) is 0.624. The Bertz CT molecular complexity index is 570. The van der Waals surface area contributed by atoms with Gasteiger partial charge in [0, 0.05) is 12.1 Å². The van der Waals surface area contributed by atoms with Crippen molar-refractivity contribution in [2.24, 2.45) is 0 Å². The second-order valence-electron chi connectivity index (χ2n) is 3.16. The summed E-state index contributed by atoms with van der Waals surface area (Å²) in [5.74, 6) is -0.427. The van der Waals surface area contributed by atoms with Gasteiger partial charge in [-0.3, -0.25) is 10.1 Å². The normalized spacial score (nSPS) is 10.2. The van der Waals surface area contributed by atoms with Crippen LogP contribution in [0.1, 0.15) is 0 Å². The molecule has 2 aromatic rings. The molecular weight excluding hydrogens is 247 g/mol. The summed E-state index contributed by atoms with van der Waals surface area (Å²) >= 11 is 1.14. The van der Waals surface area contributed by atoms with Crippen molar-refractivity contribution in [1.29, 1.82) is 0 Å². The van der Waals surface area contributed by atoms with Crippen LogP contribution in [0.15, 0.2) is 24.3 Å². The van der Waals surface area contributed by atoms with Crippen molar-refractivity contribution in [2.75, 3.05) is 7.11 Å². The van der Waals surface area contributed by atoms with E-state index in [1.165, 1.54) is 13.2 Å². The Balaban J connectivity index is 2.40. The third kappa shape index (κ3) is 2.23. The van der Waals surface area contributed by atoms with Gasteiger partial charge in [-0.1, -0.05) is 0 Å². The van der Waals surface area contributed by atoms with E-state index in [4.69, 9.17) is 4.74 Å². The average molecular weight is 254 g/mol. The van der Waals surface area contributed by atoms with Gasteiger partial charge in [0.25, 0.3) is 0 Å². The topological polar surface area (TPSA) is 65.3 Å². The molecule has 0 bridgehead atoms. The van der Waals surface area contributed by atoms with Gasteiger partial charge in [-0.25, -0.2) is 0 Å². The van der Waals surface area contributed by atoms with Gasteiger partial charge < -0.3 is 4.74 Å². The number of nitro groups is 1. The Labute approximate surface area is 99.8 Å². The Hall–Kier alpha value is -2.02. The first-order chi connectivity index (χ1) is 8.11. The minimum atomic E-state index is -0.861. The lowest BCUT2D eigenvalue weighted by Gasteiger charge is -1.97. The number of nitrogens with zero attached hydrogens (tertiary/aromatic N) is 2. The van der Waals surface area contributed by atoms with E-state index >= 15 is 0 Å². The summed E-state index contributed by atoms with van der Waals surface area (Å²) in [6.45, 7) is 0. The molecule has 0 saturated carbocycles. The fraction of sp³-hybridized carbons (Fsp3) is 0.100. The summed E-state index contributed by atoms with van der Waals surface area (Å²) in [6.07, 6.45) is 0. The molecule has 0 aliphatic carbocycles. The predicted octanol–water partition coefficient (Wildman–Crippen LogP) is 2.87. The maximum absolute atomic E-state index is 13.4. The molecule has 1 aromatic carbocycles. The number of aromatic nitrogens is 1. The molecule has 0 radical (unpaired) electrons. The van der Waals surface area contributed by atoms with E-state index in [-0.39, 0.29) is 0 Å². The molecule has 2 rings (SSSR count). The summed E-state index contributed by atoms with van der Waals surface area (Å²) in [7, 11) is 1.48. The molecule has 1 heterocycles. The smallest absolute Gasteiger partial charge is 0.304 e. The monoisotopic (exact) mass is 254 g/mol. The second kappa shape index (κ2) is 4.46. The number of rotatable bonds is 3. The minimum absolute atomic E-state index is 0.434. The lowest BCUT2D eigenvalue weighted by Crippen LogP contribution is -1.92. The number of benzene rings is 1. The maximum atomic E-state index is 13.4. The lowest BCUT2D eigenvalue weighted by molar-refractivity contribution is -0.387. The van der Waals surface area contributed by atoms with Crippen LogP contribution in [-0.4, -0.2) is 16.4 Å². The van der Waals surface area contributed by atoms with Gasteiger partial charge in [-0.2, -0.15) is 8.76 Å². The van der Waals surface area contributed by atoms with Crippen LogP contribution in [0.25, 0.3) is 10.4 Å². The first kappa shape index (κ1) is 11.5. The zero-order chi connectivity index (χ0) is 12.4. The minimum Gasteiger partial charge on any atom is -0.480 e. The highest BCUT2D eigenvalue weighted by molar-refractivity contribution is 7.09. The third-order valence-corrected chi connectivity index (χ3v) is 2.95. The molecule has 0 aliphatic rings. The highest BCUT2D eigenvalue weighted by Gasteiger charge is 2.15. The van der Waals surface area contributed by atoms with Crippen LogP contribution in [0.2, 0.25) is 0 Å². The zero-order valence-corrected chi connectivity index (χ0v) is 9.53. The van der Waals surface area contributed by atoms with Gasteiger partial charge in [0.2, 0.25) is 11.7 Å². The number of ether oxygens (including phenoxy) is 1. The standard InChI is InChI=1S/C10H7FN2O3S/c1-16-10-5-9(17-12-10)6-2-3-8(13(14)15)7(11)4-6/h2-5H,1H3. The van der Waals surface area contributed by atoms with E-state index in [2.05, 4.69) is 4.37 Å². The SMILES string of the molecule is COc1cc(-c2ccc([N+](=O)[O-])c(F)c2)sn1. The van der Waals surface area contributed by atoms with Crippen LogP contribution in [0.4, 0.5) is 10.1 Å². The van der Waals surface area contributed by atoms with E-state index in [1.807, 2.05) is 0 Å². The molecule has 0 aliphatic heterocycles. The number of halogens is 1. The van der Waals surface area contributed by atoms with Crippen molar-refractivity contribution in [1.82, 2.24) is 4.37 Å². The van der Waals surface area contributed by atoms with Crippen molar-refractivity contribution < 1.29 is 14.1 Å². The number of nitro benzene ring substituents is 1. The van der Waals surface area contributed by atoms with E-state index in [9.17, 15) is 14.5 Å². The predicted molar refractivity (Wildman–Crippen MR) is 60.7 cm³/mol. The van der Waals surface area contributed by atoms with Crippen LogP contribution >= 0.6 is 11.5 Å². The first-order valence-electron chi connectivity index (χ1n) is 4.57. The maximum Gasteiger partial charge on any atom is 0.304 e. The summed E-state index contributed by atoms with van der Waals surface area (Å²) in [5.41, 5.74) is -0.000805. The summed E-state index contributed by atoms with van der Waals surface area (Å²) in [6, 6.07) is 5.38. The number of hydrogen-bond acceptors (Lipinski definition) is 5. The summed E-state index contributed by atoms with van der Waals surface area (Å²) in [4.78, 5) is 10.4. The molecule has 0 N–H and O–H groups in total. The molecule has 7 heteroatoms. The van der Waals surface area contributed by atoms with Crippen molar-refractivity contribution >= 4 is 17.2 Å². The van der Waals surface area contributed by atoms with Crippen LogP contribution < -0.4 is 4.74 Å². The van der Waals surface area contributed by atoms with Crippen molar-refractivity contribution in [3.05, 3.63) is 40.2 Å². The number of methoxy groups -OCH3 is 1. The highest BCUT2D eigenvalue weighted by atomic mass is 32.1. The Morgan fingerprint density at radius 3 is 2.76 bits per heavy atom. The molecule has 0 atom stereocenters. The highest BCUT2D eigenvalue weighted by Crippen LogP contribution is 2.30. The van der Waals surface area contributed by atoms with Gasteiger partial charge >= 0.3 is 5.69 Å². The average Bonchev–Trinajstić information content (AvgIpc) is 2.76. The fourth-order valence-electron chi connectivity index (χ4n) is 1.30. The van der Waals surface area contributed by atoms with E-state index in [0.29, 0.717) is 16.3 Å². The van der Waals surface area contributed by atoms with Crippen LogP contribution in [0.5, 0.6) is 5.88 Å². The summed E-state index contributed by atoms with van der Waals surface area (Å²) < 4.78 is 22.3. The molecule has 0 saturated heterocycles. The third-order valence-electron chi connectivity index (χ3n) is 2.13. The molecule has 88 valence electrons. The van der Waals surface area contributed by atoms with Crippen molar-refractivity contribution in [2.45, 2.75) is 0 Å². The molecule has 0 fully saturated rings. The van der Waals surface area contributed by atoms with Crippen molar-refractivity contribution in [3.8, 4) is 16.3 Å². The van der Waals surface area contributed by atoms with E-state index in [0.717, 1.165) is 23.7 Å². The fourth-order valence-corrected chi connectivity index (χ4v) is 2.00. The van der Waals surface area contributed by atoms with E-state index in [1.54, 1.807) is 6.07 Å². The van der Waals surface area contributed by atoms with Crippen molar-refractivity contribution in [3.63, 3.8) is 0 Å². The van der Waals surface area contributed by atoms with Gasteiger partial charge in [0.15, 0.2) is 0 Å². The Morgan fingerprint density at radius 1 is 1.47 bits per heavy atom. The molecule has 5 nitrogen and oxygen atoms in total. The molecule has 17 heavy (non-hydrogen) atoms. The Kier molecular flexibility index (Phi) is 3.01. The second-order valence-corrected chi connectivity index (χ2v) is 3.96. The molecule has 0 unspecified atom stereocenters. The van der Waals surface area contributed by atoms with Gasteiger partial charge in [0.1, 0.15) is 0 Å². The molecule has 0 spiro atoms. The number of hydrogen-bond donors (Lipinski definition) is 0. The lowest BCUT2D eigenvalue weighted by atomic mass is 10.1. The van der Waals surface area contributed by atoms with Crippen LogP contribution in [0, 0.1) is 15.9 Å². The Morgan fingerprint density at radius 2 is 2.24 bits per heavy atom. The molecular formula is C10H7FN2O3S. The van der Waals surface area contributed by atoms with Gasteiger partial charge in [0.05, 0.1) is 16.9 Å².